The van der Waals surface area contributed by atoms with Gasteiger partial charge in [-0.15, -0.1) is 0 Å². The Morgan fingerprint density at radius 1 is 1.35 bits per heavy atom. The summed E-state index contributed by atoms with van der Waals surface area (Å²) in [5.74, 6) is -0.328. The zero-order valence-electron chi connectivity index (χ0n) is 9.33. The van der Waals surface area contributed by atoms with Crippen LogP contribution in [0.5, 0.6) is 0 Å². The number of fused-ring (bicyclic) bond motifs is 3. The van der Waals surface area contributed by atoms with Gasteiger partial charge in [0.25, 0.3) is 0 Å². The molecule has 3 aromatic rings. The van der Waals surface area contributed by atoms with E-state index in [4.69, 9.17) is 0 Å². The van der Waals surface area contributed by atoms with Crippen LogP contribution in [0.4, 0.5) is 4.39 Å². The maximum Gasteiger partial charge on any atom is 0.330 e. The summed E-state index contributed by atoms with van der Waals surface area (Å²) < 4.78 is 15.6. The van der Waals surface area contributed by atoms with Crippen LogP contribution in [-0.2, 0) is 6.42 Å². The van der Waals surface area contributed by atoms with Gasteiger partial charge in [0, 0.05) is 11.6 Å². The Hall–Kier alpha value is -2.10. The van der Waals surface area contributed by atoms with Crippen molar-refractivity contribution in [1.29, 1.82) is 0 Å². The third-order valence-corrected chi connectivity index (χ3v) is 3.08. The lowest BCUT2D eigenvalue weighted by molar-refractivity contribution is 0.620. The fourth-order valence-corrected chi connectivity index (χ4v) is 2.17. The van der Waals surface area contributed by atoms with Gasteiger partial charge >= 0.3 is 5.69 Å². The molecule has 0 aliphatic heterocycles. The number of aromatic amines is 1. The van der Waals surface area contributed by atoms with Gasteiger partial charge in [-0.3, -0.25) is 4.40 Å². The van der Waals surface area contributed by atoms with E-state index in [1.54, 1.807) is 18.3 Å². The Kier molecular flexibility index (Phi) is 2.04. The van der Waals surface area contributed by atoms with Crippen molar-refractivity contribution in [2.45, 2.75) is 13.3 Å². The predicted molar refractivity (Wildman–Crippen MR) is 64.9 cm³/mol. The number of nitrogens with one attached hydrogen (secondary N) is 1. The summed E-state index contributed by atoms with van der Waals surface area (Å²) in [6.45, 7) is 1.89. The molecule has 0 saturated heterocycles. The highest BCUT2D eigenvalue weighted by atomic mass is 19.1. The summed E-state index contributed by atoms with van der Waals surface area (Å²) in [7, 11) is 0. The lowest BCUT2D eigenvalue weighted by Crippen LogP contribution is -2.15. The van der Waals surface area contributed by atoms with Gasteiger partial charge in [-0.05, 0) is 24.1 Å². The summed E-state index contributed by atoms with van der Waals surface area (Å²) in [5.41, 5.74) is 1.32. The highest BCUT2D eigenvalue weighted by Crippen LogP contribution is 2.22. The maximum absolute atomic E-state index is 14.1. The Bertz CT molecular complexity index is 770. The molecule has 3 nitrogen and oxygen atoms in total. The number of halogens is 1. The van der Waals surface area contributed by atoms with Gasteiger partial charge in [0.1, 0.15) is 0 Å². The molecule has 0 atom stereocenters. The average Bonchev–Trinajstić information content (AvgIpc) is 2.81. The summed E-state index contributed by atoms with van der Waals surface area (Å²) >= 11 is 0. The van der Waals surface area contributed by atoms with Crippen LogP contribution in [-0.4, -0.2) is 9.38 Å². The SMILES string of the molecule is CCc1ccc2c([nH]c(=O)n3cccc23)c1F. The molecule has 86 valence electrons. The van der Waals surface area contributed by atoms with E-state index in [1.165, 1.54) is 4.40 Å². The standard InChI is InChI=1S/C13H11FN2O/c1-2-8-5-6-9-10-4-3-7-16(10)13(17)15-12(9)11(8)14/h3-7H,2H2,1H3,(H,15,17). The van der Waals surface area contributed by atoms with Crippen LogP contribution < -0.4 is 5.69 Å². The van der Waals surface area contributed by atoms with Gasteiger partial charge < -0.3 is 4.98 Å². The van der Waals surface area contributed by atoms with E-state index >= 15 is 0 Å². The van der Waals surface area contributed by atoms with Crippen molar-refractivity contribution in [3.63, 3.8) is 0 Å². The summed E-state index contributed by atoms with van der Waals surface area (Å²) in [4.78, 5) is 14.3. The van der Waals surface area contributed by atoms with E-state index < -0.39 is 0 Å². The molecule has 2 aromatic heterocycles. The van der Waals surface area contributed by atoms with Crippen molar-refractivity contribution >= 4 is 16.4 Å². The highest BCUT2D eigenvalue weighted by Gasteiger charge is 2.10. The zero-order valence-corrected chi connectivity index (χ0v) is 9.33. The summed E-state index contributed by atoms with van der Waals surface area (Å²) in [6.07, 6.45) is 2.27. The number of rotatable bonds is 1. The maximum atomic E-state index is 14.1. The molecule has 0 amide bonds. The number of aromatic nitrogens is 2. The van der Waals surface area contributed by atoms with E-state index in [0.29, 0.717) is 17.5 Å². The van der Waals surface area contributed by atoms with Crippen molar-refractivity contribution in [2.75, 3.05) is 0 Å². The molecule has 1 aromatic carbocycles. The van der Waals surface area contributed by atoms with Gasteiger partial charge in [0.2, 0.25) is 0 Å². The molecule has 0 radical (unpaired) electrons. The number of nitrogens with zero attached hydrogens (tertiary/aromatic N) is 1. The summed E-state index contributed by atoms with van der Waals surface area (Å²) in [5, 5.41) is 0.726. The number of hydrogen-bond donors (Lipinski definition) is 1. The molecule has 0 bridgehead atoms. The molecule has 0 aliphatic carbocycles. The number of H-pyrrole nitrogens is 1. The third-order valence-electron chi connectivity index (χ3n) is 3.08. The number of aryl methyl sites for hydroxylation is 1. The molecule has 4 heteroatoms. The van der Waals surface area contributed by atoms with Crippen molar-refractivity contribution in [1.82, 2.24) is 9.38 Å². The molecule has 3 rings (SSSR count). The van der Waals surface area contributed by atoms with Gasteiger partial charge in [-0.2, -0.15) is 0 Å². The first-order valence-corrected chi connectivity index (χ1v) is 5.53. The monoisotopic (exact) mass is 230 g/mol. The Labute approximate surface area is 96.5 Å². The lowest BCUT2D eigenvalue weighted by atomic mass is 10.1. The zero-order chi connectivity index (χ0) is 12.0. The second-order valence-corrected chi connectivity index (χ2v) is 4.01. The molecule has 0 fully saturated rings. The van der Waals surface area contributed by atoms with Gasteiger partial charge in [-0.1, -0.05) is 19.1 Å². The fraction of sp³-hybridized carbons (Fsp3) is 0.154. The number of hydrogen-bond acceptors (Lipinski definition) is 1. The van der Waals surface area contributed by atoms with Crippen LogP contribution in [0.3, 0.4) is 0 Å². The lowest BCUT2D eigenvalue weighted by Gasteiger charge is -2.06. The average molecular weight is 230 g/mol. The molecule has 0 spiro atoms. The van der Waals surface area contributed by atoms with Crippen molar-refractivity contribution in [2.24, 2.45) is 0 Å². The smallest absolute Gasteiger partial charge is 0.304 e. The second-order valence-electron chi connectivity index (χ2n) is 4.01. The van der Waals surface area contributed by atoms with Crippen molar-refractivity contribution in [3.8, 4) is 0 Å². The molecule has 0 unspecified atom stereocenters. The van der Waals surface area contributed by atoms with E-state index in [9.17, 15) is 9.18 Å². The summed E-state index contributed by atoms with van der Waals surface area (Å²) in [6, 6.07) is 7.20. The highest BCUT2D eigenvalue weighted by molar-refractivity contribution is 5.94. The Morgan fingerprint density at radius 2 is 2.18 bits per heavy atom. The predicted octanol–water partition coefficient (Wildman–Crippen LogP) is 2.48. The first-order chi connectivity index (χ1) is 8.22. The van der Waals surface area contributed by atoms with Gasteiger partial charge in [-0.25, -0.2) is 9.18 Å². The minimum Gasteiger partial charge on any atom is -0.304 e. The van der Waals surface area contributed by atoms with E-state index in [0.717, 1.165) is 10.9 Å². The van der Waals surface area contributed by atoms with Crippen LogP contribution in [0.25, 0.3) is 16.4 Å². The van der Waals surface area contributed by atoms with E-state index in [-0.39, 0.29) is 11.5 Å². The molecule has 0 saturated carbocycles. The third kappa shape index (κ3) is 1.30. The minimum absolute atomic E-state index is 0.292. The largest absolute Gasteiger partial charge is 0.330 e. The molecule has 1 N–H and O–H groups in total. The van der Waals surface area contributed by atoms with Crippen molar-refractivity contribution in [3.05, 3.63) is 52.3 Å². The van der Waals surface area contributed by atoms with Crippen LogP contribution in [0.15, 0.2) is 35.3 Å². The molecular weight excluding hydrogens is 219 g/mol. The first-order valence-electron chi connectivity index (χ1n) is 5.53. The molecule has 2 heterocycles. The van der Waals surface area contributed by atoms with E-state index in [1.807, 2.05) is 19.1 Å². The molecule has 17 heavy (non-hydrogen) atoms. The number of benzene rings is 1. The van der Waals surface area contributed by atoms with Crippen LogP contribution in [0.2, 0.25) is 0 Å². The van der Waals surface area contributed by atoms with Gasteiger partial charge in [0.05, 0.1) is 11.0 Å². The molecule has 0 aliphatic rings. The fourth-order valence-electron chi connectivity index (χ4n) is 2.17. The van der Waals surface area contributed by atoms with E-state index in [2.05, 4.69) is 4.98 Å². The Balaban J connectivity index is 2.58. The van der Waals surface area contributed by atoms with Crippen LogP contribution in [0.1, 0.15) is 12.5 Å². The topological polar surface area (TPSA) is 37.3 Å². The normalized spacial score (nSPS) is 11.4. The van der Waals surface area contributed by atoms with Crippen molar-refractivity contribution < 1.29 is 4.39 Å². The minimum atomic E-state index is -0.328. The quantitative estimate of drug-likeness (QED) is 0.685. The van der Waals surface area contributed by atoms with Crippen LogP contribution in [0, 0.1) is 5.82 Å². The van der Waals surface area contributed by atoms with Gasteiger partial charge in [0.15, 0.2) is 5.82 Å². The molecular formula is C13H11FN2O. The van der Waals surface area contributed by atoms with Crippen LogP contribution >= 0.6 is 0 Å². The Morgan fingerprint density at radius 3 is 2.94 bits per heavy atom. The first kappa shape index (κ1) is 10.1. The second kappa shape index (κ2) is 3.45.